The lowest BCUT2D eigenvalue weighted by Crippen LogP contribution is -2.20. The smallest absolute Gasteiger partial charge is 0.296 e. The van der Waals surface area contributed by atoms with Crippen LogP contribution in [0, 0.1) is 5.82 Å². The second kappa shape index (κ2) is 6.11. The van der Waals surface area contributed by atoms with E-state index in [1.807, 2.05) is 0 Å². The second-order valence-corrected chi connectivity index (χ2v) is 4.78. The van der Waals surface area contributed by atoms with E-state index in [0.29, 0.717) is 10.1 Å². The van der Waals surface area contributed by atoms with Gasteiger partial charge < -0.3 is 0 Å². The molecule has 0 radical (unpaired) electrons. The van der Waals surface area contributed by atoms with Gasteiger partial charge in [-0.1, -0.05) is 17.3 Å². The van der Waals surface area contributed by atoms with Crippen LogP contribution in [0.5, 0.6) is 0 Å². The topological polar surface area (TPSA) is 65.8 Å². The molecule has 0 aliphatic carbocycles. The van der Waals surface area contributed by atoms with E-state index in [1.165, 1.54) is 18.3 Å². The van der Waals surface area contributed by atoms with Crippen molar-refractivity contribution in [3.05, 3.63) is 70.2 Å². The molecule has 1 aromatic carbocycles. The summed E-state index contributed by atoms with van der Waals surface area (Å²) >= 11 is 0. The van der Waals surface area contributed by atoms with Crippen LogP contribution in [0.3, 0.4) is 0 Å². The lowest BCUT2D eigenvalue weighted by Gasteiger charge is -2.07. The van der Waals surface area contributed by atoms with Crippen molar-refractivity contribution in [2.45, 2.75) is 19.5 Å². The van der Waals surface area contributed by atoms with Gasteiger partial charge in [0.1, 0.15) is 11.6 Å². The summed E-state index contributed by atoms with van der Waals surface area (Å²) in [5, 5.41) is 3.65. The molecular formula is C14H11F3N4O2. The Labute approximate surface area is 127 Å². The maximum absolute atomic E-state index is 12.9. The van der Waals surface area contributed by atoms with Crippen LogP contribution in [0.15, 0.2) is 46.0 Å². The average molecular weight is 324 g/mol. The van der Waals surface area contributed by atoms with Gasteiger partial charge in [0.05, 0.1) is 6.54 Å². The predicted molar refractivity (Wildman–Crippen MR) is 72.6 cm³/mol. The maximum Gasteiger partial charge on any atom is 0.442 e. The van der Waals surface area contributed by atoms with Crippen LogP contribution in [-0.2, 0) is 13.0 Å². The average Bonchev–Trinajstić information content (AvgIpc) is 3.11. The van der Waals surface area contributed by atoms with Crippen molar-refractivity contribution in [2.24, 2.45) is 0 Å². The fraction of sp³-hybridized carbons (Fsp3) is 0.214. The third-order valence-corrected chi connectivity index (χ3v) is 3.30. The zero-order valence-electron chi connectivity index (χ0n) is 11.7. The normalized spacial score (nSPS) is 11.3. The largest absolute Gasteiger partial charge is 0.442 e. The Morgan fingerprint density at radius 2 is 1.91 bits per heavy atom. The van der Waals surface area contributed by atoms with E-state index >= 15 is 0 Å². The third-order valence-electron chi connectivity index (χ3n) is 3.30. The van der Waals surface area contributed by atoms with Crippen molar-refractivity contribution in [2.75, 3.05) is 0 Å². The van der Waals surface area contributed by atoms with Crippen molar-refractivity contribution in [1.29, 1.82) is 0 Å². The Kier molecular flexibility index (Phi) is 4.00. The van der Waals surface area contributed by atoms with Crippen LogP contribution in [0.25, 0.3) is 0 Å². The van der Waals surface area contributed by atoms with Gasteiger partial charge in [-0.2, -0.15) is 8.78 Å². The van der Waals surface area contributed by atoms with Crippen LogP contribution in [-0.4, -0.2) is 19.3 Å². The van der Waals surface area contributed by atoms with Crippen LogP contribution in [0.1, 0.15) is 23.8 Å². The number of hydrogen-bond acceptors (Lipinski definition) is 4. The Balaban J connectivity index is 1.88. The Morgan fingerprint density at radius 1 is 1.17 bits per heavy atom. The molecule has 0 fully saturated rings. The summed E-state index contributed by atoms with van der Waals surface area (Å²) in [6.07, 6.45) is 2.54. The summed E-state index contributed by atoms with van der Waals surface area (Å²) in [5.74, 6) is -0.910. The zero-order chi connectivity index (χ0) is 16.4. The molecule has 0 spiro atoms. The molecule has 0 bridgehead atoms. The van der Waals surface area contributed by atoms with Crippen molar-refractivity contribution < 1.29 is 17.7 Å². The SMILES string of the molecule is O=c1onc(Cc2ccc(F)cc2)n1Cc1nccn1C(F)F. The van der Waals surface area contributed by atoms with E-state index in [-0.39, 0.29) is 30.4 Å². The quantitative estimate of drug-likeness (QED) is 0.722. The summed E-state index contributed by atoms with van der Waals surface area (Å²) in [4.78, 5) is 15.6. The van der Waals surface area contributed by atoms with Gasteiger partial charge in [0.15, 0.2) is 5.82 Å². The van der Waals surface area contributed by atoms with E-state index in [9.17, 15) is 18.0 Å². The van der Waals surface area contributed by atoms with E-state index in [1.54, 1.807) is 12.1 Å². The number of imidazole rings is 1. The predicted octanol–water partition coefficient (Wildman–Crippen LogP) is 2.21. The highest BCUT2D eigenvalue weighted by atomic mass is 19.3. The first-order chi connectivity index (χ1) is 11.0. The number of benzene rings is 1. The van der Waals surface area contributed by atoms with Gasteiger partial charge in [-0.05, 0) is 17.7 Å². The molecule has 2 aromatic heterocycles. The molecule has 0 unspecified atom stereocenters. The number of rotatable bonds is 5. The minimum absolute atomic E-state index is 0.00524. The van der Waals surface area contributed by atoms with E-state index in [4.69, 9.17) is 0 Å². The van der Waals surface area contributed by atoms with Gasteiger partial charge >= 0.3 is 12.3 Å². The number of aromatic nitrogens is 4. The first-order valence-corrected chi connectivity index (χ1v) is 6.64. The van der Waals surface area contributed by atoms with Crippen LogP contribution in [0.2, 0.25) is 0 Å². The second-order valence-electron chi connectivity index (χ2n) is 4.78. The molecule has 2 heterocycles. The number of halogens is 3. The monoisotopic (exact) mass is 324 g/mol. The summed E-state index contributed by atoms with van der Waals surface area (Å²) in [7, 11) is 0. The fourth-order valence-corrected chi connectivity index (χ4v) is 2.15. The summed E-state index contributed by atoms with van der Waals surface area (Å²) in [6.45, 7) is -2.96. The minimum Gasteiger partial charge on any atom is -0.296 e. The van der Waals surface area contributed by atoms with E-state index in [2.05, 4.69) is 14.7 Å². The standard InChI is InChI=1S/C14H11F3N4O2/c15-10-3-1-9(2-4-10)7-11-19-23-14(22)21(11)8-12-18-5-6-20(12)13(16)17/h1-6,13H,7-8H2. The first kappa shape index (κ1) is 15.1. The minimum atomic E-state index is -2.76. The van der Waals surface area contributed by atoms with Crippen molar-refractivity contribution in [3.8, 4) is 0 Å². The molecule has 0 saturated carbocycles. The maximum atomic E-state index is 12.9. The Hall–Kier alpha value is -2.84. The molecule has 0 aliphatic heterocycles. The summed E-state index contributed by atoms with van der Waals surface area (Å²) in [6, 6.07) is 5.64. The van der Waals surface area contributed by atoms with Crippen LogP contribution >= 0.6 is 0 Å². The Morgan fingerprint density at radius 3 is 2.61 bits per heavy atom. The van der Waals surface area contributed by atoms with Gasteiger partial charge in [-0.25, -0.2) is 14.2 Å². The summed E-state index contributed by atoms with van der Waals surface area (Å²) < 4.78 is 45.0. The van der Waals surface area contributed by atoms with Gasteiger partial charge in [0, 0.05) is 18.8 Å². The molecule has 0 amide bonds. The molecule has 0 atom stereocenters. The van der Waals surface area contributed by atoms with Crippen molar-refractivity contribution in [1.82, 2.24) is 19.3 Å². The molecule has 0 saturated heterocycles. The van der Waals surface area contributed by atoms with Gasteiger partial charge in [0.25, 0.3) is 0 Å². The van der Waals surface area contributed by atoms with Crippen molar-refractivity contribution in [3.63, 3.8) is 0 Å². The highest BCUT2D eigenvalue weighted by Crippen LogP contribution is 2.14. The molecule has 120 valence electrons. The first-order valence-electron chi connectivity index (χ1n) is 6.64. The highest BCUT2D eigenvalue weighted by molar-refractivity contribution is 5.19. The molecule has 23 heavy (non-hydrogen) atoms. The highest BCUT2D eigenvalue weighted by Gasteiger charge is 2.17. The van der Waals surface area contributed by atoms with Gasteiger partial charge in [0.2, 0.25) is 0 Å². The van der Waals surface area contributed by atoms with Gasteiger partial charge in [-0.3, -0.25) is 13.7 Å². The molecule has 9 heteroatoms. The van der Waals surface area contributed by atoms with E-state index in [0.717, 1.165) is 10.8 Å². The molecule has 0 aliphatic rings. The number of nitrogens with zero attached hydrogens (tertiary/aromatic N) is 4. The molecule has 6 nitrogen and oxygen atoms in total. The number of hydrogen-bond donors (Lipinski definition) is 0. The molecule has 0 N–H and O–H groups in total. The third kappa shape index (κ3) is 3.17. The summed E-state index contributed by atoms with van der Waals surface area (Å²) in [5.41, 5.74) is 0.700. The Bertz CT molecular complexity index is 852. The van der Waals surface area contributed by atoms with Crippen LogP contribution < -0.4 is 5.76 Å². The molecule has 3 aromatic rings. The zero-order valence-corrected chi connectivity index (χ0v) is 11.7. The number of alkyl halides is 2. The van der Waals surface area contributed by atoms with Crippen LogP contribution in [0.4, 0.5) is 13.2 Å². The van der Waals surface area contributed by atoms with Crippen molar-refractivity contribution >= 4 is 0 Å². The molecular weight excluding hydrogens is 313 g/mol. The lowest BCUT2D eigenvalue weighted by atomic mass is 10.1. The fourth-order valence-electron chi connectivity index (χ4n) is 2.15. The van der Waals surface area contributed by atoms with E-state index < -0.39 is 12.3 Å². The molecule has 3 rings (SSSR count). The lowest BCUT2D eigenvalue weighted by molar-refractivity contribution is 0.0666. The van der Waals surface area contributed by atoms with Gasteiger partial charge in [-0.15, -0.1) is 0 Å².